The van der Waals surface area contributed by atoms with Crippen LogP contribution < -0.4 is 5.84 Å². The number of piperidine rings is 1. The summed E-state index contributed by atoms with van der Waals surface area (Å²) in [5.74, 6) is 5.99. The molecule has 2 rings (SSSR count). The van der Waals surface area contributed by atoms with Gasteiger partial charge < -0.3 is 4.74 Å². The van der Waals surface area contributed by atoms with Crippen molar-refractivity contribution in [1.82, 2.24) is 5.01 Å². The van der Waals surface area contributed by atoms with Crippen molar-refractivity contribution in [2.24, 2.45) is 5.84 Å². The molecular formula is C20H32N2O2. The Kier molecular flexibility index (Phi) is 4.86. The van der Waals surface area contributed by atoms with Gasteiger partial charge in [0.05, 0.1) is 5.56 Å². The van der Waals surface area contributed by atoms with Gasteiger partial charge in [0.1, 0.15) is 6.10 Å². The van der Waals surface area contributed by atoms with Crippen LogP contribution in [0.15, 0.2) is 24.3 Å². The maximum Gasteiger partial charge on any atom is 0.338 e. The van der Waals surface area contributed by atoms with E-state index in [4.69, 9.17) is 10.6 Å². The second-order valence-electron chi connectivity index (χ2n) is 9.26. The molecule has 1 heterocycles. The summed E-state index contributed by atoms with van der Waals surface area (Å²) in [4.78, 5) is 12.5. The summed E-state index contributed by atoms with van der Waals surface area (Å²) in [5, 5.41) is 1.89. The number of carbonyl (C=O) groups excluding carboxylic acids is 1. The molecule has 1 aromatic carbocycles. The fraction of sp³-hybridized carbons (Fsp3) is 0.650. The van der Waals surface area contributed by atoms with Crippen molar-refractivity contribution < 1.29 is 9.53 Å². The highest BCUT2D eigenvalue weighted by atomic mass is 16.5. The zero-order valence-corrected chi connectivity index (χ0v) is 16.1. The van der Waals surface area contributed by atoms with Gasteiger partial charge in [0.2, 0.25) is 0 Å². The van der Waals surface area contributed by atoms with Gasteiger partial charge >= 0.3 is 5.97 Å². The molecule has 4 heteroatoms. The average Bonchev–Trinajstić information content (AvgIpc) is 2.43. The summed E-state index contributed by atoms with van der Waals surface area (Å²) in [6, 6.07) is 7.73. The van der Waals surface area contributed by atoms with Crippen LogP contribution in [0.4, 0.5) is 0 Å². The fourth-order valence-electron chi connectivity index (χ4n) is 3.61. The van der Waals surface area contributed by atoms with Crippen molar-refractivity contribution in [3.8, 4) is 0 Å². The first kappa shape index (κ1) is 18.9. The molecule has 0 atom stereocenters. The lowest BCUT2D eigenvalue weighted by molar-refractivity contribution is -0.0884. The van der Waals surface area contributed by atoms with Crippen molar-refractivity contribution in [2.75, 3.05) is 0 Å². The van der Waals surface area contributed by atoms with E-state index in [1.54, 1.807) is 0 Å². The van der Waals surface area contributed by atoms with Crippen LogP contribution in [0.1, 0.15) is 77.2 Å². The van der Waals surface area contributed by atoms with E-state index in [1.807, 2.05) is 29.3 Å². The minimum atomic E-state index is -0.252. The first-order valence-corrected chi connectivity index (χ1v) is 8.69. The lowest BCUT2D eigenvalue weighted by Crippen LogP contribution is -2.65. The van der Waals surface area contributed by atoms with Gasteiger partial charge in [-0.15, -0.1) is 0 Å². The van der Waals surface area contributed by atoms with E-state index in [9.17, 15) is 4.79 Å². The normalized spacial score (nSPS) is 21.5. The number of carbonyl (C=O) groups is 1. The van der Waals surface area contributed by atoms with Crippen LogP contribution in [0.25, 0.3) is 0 Å². The smallest absolute Gasteiger partial charge is 0.338 e. The van der Waals surface area contributed by atoms with Crippen molar-refractivity contribution in [2.45, 2.75) is 83.9 Å². The van der Waals surface area contributed by atoms with Crippen LogP contribution in [0.3, 0.4) is 0 Å². The molecule has 1 fully saturated rings. The molecule has 0 unspecified atom stereocenters. The summed E-state index contributed by atoms with van der Waals surface area (Å²) < 4.78 is 5.80. The first-order chi connectivity index (χ1) is 10.8. The van der Waals surface area contributed by atoms with Gasteiger partial charge in [0, 0.05) is 23.9 Å². The van der Waals surface area contributed by atoms with Crippen molar-refractivity contribution in [3.63, 3.8) is 0 Å². The zero-order chi connectivity index (χ0) is 18.3. The number of ether oxygens (including phenoxy) is 1. The van der Waals surface area contributed by atoms with E-state index >= 15 is 0 Å². The molecule has 0 aliphatic carbocycles. The second kappa shape index (κ2) is 6.16. The van der Waals surface area contributed by atoms with Crippen molar-refractivity contribution in [1.29, 1.82) is 0 Å². The average molecular weight is 332 g/mol. The molecule has 1 aliphatic heterocycles. The van der Waals surface area contributed by atoms with Crippen LogP contribution in [0.2, 0.25) is 0 Å². The largest absolute Gasteiger partial charge is 0.459 e. The number of benzene rings is 1. The third-order valence-electron chi connectivity index (χ3n) is 5.02. The molecule has 4 nitrogen and oxygen atoms in total. The van der Waals surface area contributed by atoms with Crippen LogP contribution >= 0.6 is 0 Å². The lowest BCUT2D eigenvalue weighted by atomic mass is 9.80. The molecule has 2 N–H and O–H groups in total. The predicted molar refractivity (Wildman–Crippen MR) is 97.8 cm³/mol. The molecule has 0 amide bonds. The van der Waals surface area contributed by atoms with E-state index in [2.05, 4.69) is 48.5 Å². The van der Waals surface area contributed by atoms with E-state index < -0.39 is 0 Å². The Labute approximate surface area is 146 Å². The van der Waals surface area contributed by atoms with E-state index in [0.29, 0.717) is 5.56 Å². The molecule has 0 saturated carbocycles. The van der Waals surface area contributed by atoms with E-state index in [1.165, 1.54) is 5.56 Å². The molecule has 1 aliphatic rings. The number of rotatable bonds is 2. The quantitative estimate of drug-likeness (QED) is 0.656. The summed E-state index contributed by atoms with van der Waals surface area (Å²) in [7, 11) is 0. The highest BCUT2D eigenvalue weighted by Crippen LogP contribution is 2.37. The number of hydrazine groups is 1. The van der Waals surface area contributed by atoms with Crippen molar-refractivity contribution >= 4 is 5.97 Å². The Balaban J connectivity index is 2.10. The standard InChI is InChI=1S/C20H32N2O2/c1-18(2,3)15-10-8-14(9-11-15)17(23)24-16-12-19(4,5)22(21)20(6,7)13-16/h8-11,16H,12-13,21H2,1-7H3. The first-order valence-electron chi connectivity index (χ1n) is 8.69. The monoisotopic (exact) mass is 332 g/mol. The summed E-state index contributed by atoms with van der Waals surface area (Å²) in [5.41, 5.74) is 1.47. The predicted octanol–water partition coefficient (Wildman–Crippen LogP) is 4.04. The van der Waals surface area contributed by atoms with Crippen LogP contribution in [0, 0.1) is 0 Å². The van der Waals surface area contributed by atoms with Crippen LogP contribution in [-0.4, -0.2) is 28.2 Å². The third kappa shape index (κ3) is 3.98. The molecule has 134 valence electrons. The Bertz CT molecular complexity index is 579. The maximum atomic E-state index is 12.5. The topological polar surface area (TPSA) is 55.6 Å². The van der Waals surface area contributed by atoms with Gasteiger partial charge in [-0.2, -0.15) is 0 Å². The lowest BCUT2D eigenvalue weighted by Gasteiger charge is -2.52. The number of nitrogens with two attached hydrogens (primary N) is 1. The van der Waals surface area contributed by atoms with Crippen LogP contribution in [-0.2, 0) is 10.2 Å². The van der Waals surface area contributed by atoms with E-state index in [0.717, 1.165) is 12.8 Å². The molecule has 0 aromatic heterocycles. The summed E-state index contributed by atoms with van der Waals surface area (Å²) >= 11 is 0. The number of hydrogen-bond donors (Lipinski definition) is 1. The Morgan fingerprint density at radius 2 is 1.54 bits per heavy atom. The minimum Gasteiger partial charge on any atom is -0.459 e. The van der Waals surface area contributed by atoms with Crippen molar-refractivity contribution in [3.05, 3.63) is 35.4 Å². The number of hydrogen-bond acceptors (Lipinski definition) is 4. The minimum absolute atomic E-state index is 0.0738. The number of esters is 1. The highest BCUT2D eigenvalue weighted by Gasteiger charge is 2.45. The van der Waals surface area contributed by atoms with Crippen LogP contribution in [0.5, 0.6) is 0 Å². The summed E-state index contributed by atoms with van der Waals surface area (Å²) in [6.07, 6.45) is 1.35. The van der Waals surface area contributed by atoms with Gasteiger partial charge in [-0.05, 0) is 50.8 Å². The molecule has 1 saturated heterocycles. The Morgan fingerprint density at radius 3 is 1.96 bits per heavy atom. The molecule has 0 bridgehead atoms. The SMILES string of the molecule is CC(C)(C)c1ccc(C(=O)OC2CC(C)(C)N(N)C(C)(C)C2)cc1. The van der Waals surface area contributed by atoms with Gasteiger partial charge in [0.15, 0.2) is 0 Å². The molecule has 0 radical (unpaired) electrons. The third-order valence-corrected chi connectivity index (χ3v) is 5.02. The van der Waals surface area contributed by atoms with Gasteiger partial charge in [-0.1, -0.05) is 32.9 Å². The van der Waals surface area contributed by atoms with E-state index in [-0.39, 0.29) is 28.6 Å². The highest BCUT2D eigenvalue weighted by molar-refractivity contribution is 5.89. The molecular weight excluding hydrogens is 300 g/mol. The Morgan fingerprint density at radius 1 is 1.08 bits per heavy atom. The molecule has 0 spiro atoms. The van der Waals surface area contributed by atoms with Gasteiger partial charge in [-0.25, -0.2) is 9.80 Å². The fourth-order valence-corrected chi connectivity index (χ4v) is 3.61. The number of nitrogens with zero attached hydrogens (tertiary/aromatic N) is 1. The second-order valence-corrected chi connectivity index (χ2v) is 9.26. The van der Waals surface area contributed by atoms with Gasteiger partial charge in [-0.3, -0.25) is 5.84 Å². The Hall–Kier alpha value is -1.39. The maximum absolute atomic E-state index is 12.5. The summed E-state index contributed by atoms with van der Waals surface area (Å²) in [6.45, 7) is 14.8. The van der Waals surface area contributed by atoms with Gasteiger partial charge in [0.25, 0.3) is 0 Å². The molecule has 1 aromatic rings. The zero-order valence-electron chi connectivity index (χ0n) is 16.1. The molecule has 24 heavy (non-hydrogen) atoms.